The van der Waals surface area contributed by atoms with E-state index in [1.165, 1.54) is 6.07 Å². The van der Waals surface area contributed by atoms with Crippen LogP contribution in [0.15, 0.2) is 42.5 Å². The van der Waals surface area contributed by atoms with Crippen LogP contribution in [0, 0.1) is 5.92 Å². The minimum atomic E-state index is -4.48. The predicted molar refractivity (Wildman–Crippen MR) is 112 cm³/mol. The largest absolute Gasteiger partial charge is 0.416 e. The van der Waals surface area contributed by atoms with E-state index in [4.69, 9.17) is 11.6 Å². The summed E-state index contributed by atoms with van der Waals surface area (Å²) < 4.78 is 38.6. The minimum Gasteiger partial charge on any atom is -0.372 e. The Balaban J connectivity index is 2.26. The van der Waals surface area contributed by atoms with Crippen molar-refractivity contribution in [2.45, 2.75) is 52.3 Å². The third-order valence-corrected chi connectivity index (χ3v) is 4.86. The molecule has 29 heavy (non-hydrogen) atoms. The molecule has 2 aromatic carbocycles. The van der Waals surface area contributed by atoms with Gasteiger partial charge >= 0.3 is 6.18 Å². The molecule has 1 atom stereocenters. The first kappa shape index (κ1) is 23.1. The van der Waals surface area contributed by atoms with E-state index in [1.807, 2.05) is 38.1 Å². The summed E-state index contributed by atoms with van der Waals surface area (Å²) in [6.07, 6.45) is -4.48. The number of nitrogens with one attached hydrogen (secondary N) is 2. The number of alkyl halides is 3. The average molecular weight is 427 g/mol. The van der Waals surface area contributed by atoms with Crippen LogP contribution in [-0.2, 0) is 16.4 Å². The van der Waals surface area contributed by atoms with Crippen molar-refractivity contribution in [1.29, 1.82) is 0 Å². The van der Waals surface area contributed by atoms with Gasteiger partial charge in [-0.3, -0.25) is 4.79 Å². The van der Waals surface area contributed by atoms with E-state index in [2.05, 4.69) is 31.4 Å². The summed E-state index contributed by atoms with van der Waals surface area (Å²) in [5, 5.41) is 5.85. The summed E-state index contributed by atoms with van der Waals surface area (Å²) in [5.41, 5.74) is 0.969. The fraction of sp³-hybridized carbons (Fsp3) is 0.409. The lowest BCUT2D eigenvalue weighted by molar-refractivity contribution is -0.137. The molecule has 0 unspecified atom stereocenters. The van der Waals surface area contributed by atoms with Crippen LogP contribution >= 0.6 is 11.6 Å². The molecule has 0 aliphatic carbocycles. The van der Waals surface area contributed by atoms with Gasteiger partial charge in [-0.1, -0.05) is 64.4 Å². The van der Waals surface area contributed by atoms with Crippen LogP contribution in [0.1, 0.15) is 45.7 Å². The summed E-state index contributed by atoms with van der Waals surface area (Å²) in [6.45, 7) is 9.87. The second kappa shape index (κ2) is 8.66. The molecule has 0 spiro atoms. The first-order valence-electron chi connectivity index (χ1n) is 9.34. The molecule has 0 fully saturated rings. The molecular weight excluding hydrogens is 401 g/mol. The van der Waals surface area contributed by atoms with Gasteiger partial charge in [-0.25, -0.2) is 0 Å². The fourth-order valence-electron chi connectivity index (χ4n) is 2.97. The summed E-state index contributed by atoms with van der Waals surface area (Å²) in [4.78, 5) is 13.0. The third-order valence-electron chi connectivity index (χ3n) is 4.55. The average Bonchev–Trinajstić information content (AvgIpc) is 2.58. The number of carbonyl (C=O) groups excluding carboxylic acids is 1. The highest BCUT2D eigenvalue weighted by Crippen LogP contribution is 2.34. The van der Waals surface area contributed by atoms with Crippen molar-refractivity contribution in [3.63, 3.8) is 0 Å². The van der Waals surface area contributed by atoms with Crippen LogP contribution < -0.4 is 10.6 Å². The Morgan fingerprint density at radius 3 is 2.14 bits per heavy atom. The van der Waals surface area contributed by atoms with Crippen molar-refractivity contribution in [1.82, 2.24) is 0 Å². The molecule has 0 saturated carbocycles. The van der Waals surface area contributed by atoms with Crippen LogP contribution in [0.3, 0.4) is 0 Å². The molecule has 0 heterocycles. The number of para-hydroxylation sites is 1. The van der Waals surface area contributed by atoms with Gasteiger partial charge in [0.1, 0.15) is 6.04 Å². The number of hydrogen-bond acceptors (Lipinski definition) is 2. The molecule has 158 valence electrons. The predicted octanol–water partition coefficient (Wildman–Crippen LogP) is 6.73. The van der Waals surface area contributed by atoms with Crippen molar-refractivity contribution in [3.8, 4) is 0 Å². The zero-order chi connectivity index (χ0) is 22.0. The number of hydrogen-bond donors (Lipinski definition) is 2. The van der Waals surface area contributed by atoms with E-state index in [-0.39, 0.29) is 28.0 Å². The minimum absolute atomic E-state index is 0.0895. The Kier molecular flexibility index (Phi) is 6.89. The van der Waals surface area contributed by atoms with Gasteiger partial charge in [0.25, 0.3) is 0 Å². The third kappa shape index (κ3) is 5.89. The molecule has 2 N–H and O–H groups in total. The van der Waals surface area contributed by atoms with Gasteiger partial charge in [-0.05, 0) is 41.2 Å². The maximum absolute atomic E-state index is 13.0. The Morgan fingerprint density at radius 1 is 1.00 bits per heavy atom. The topological polar surface area (TPSA) is 41.1 Å². The van der Waals surface area contributed by atoms with E-state index >= 15 is 0 Å². The van der Waals surface area contributed by atoms with Gasteiger partial charge in [0.2, 0.25) is 5.91 Å². The molecule has 3 nitrogen and oxygen atoms in total. The molecule has 1 amide bonds. The zero-order valence-corrected chi connectivity index (χ0v) is 17.9. The van der Waals surface area contributed by atoms with Crippen molar-refractivity contribution >= 4 is 28.9 Å². The normalized spacial score (nSPS) is 13.3. The monoisotopic (exact) mass is 426 g/mol. The molecule has 0 aromatic heterocycles. The Labute approximate surface area is 174 Å². The highest BCUT2D eigenvalue weighted by molar-refractivity contribution is 6.33. The van der Waals surface area contributed by atoms with Crippen LogP contribution in [0.5, 0.6) is 0 Å². The highest BCUT2D eigenvalue weighted by atomic mass is 35.5. The molecule has 0 aliphatic rings. The van der Waals surface area contributed by atoms with Gasteiger partial charge < -0.3 is 10.6 Å². The molecule has 2 rings (SSSR count). The van der Waals surface area contributed by atoms with Crippen molar-refractivity contribution in [2.24, 2.45) is 5.92 Å². The lowest BCUT2D eigenvalue weighted by Gasteiger charge is -2.27. The molecule has 0 aliphatic heterocycles. The Hall–Kier alpha value is -2.21. The van der Waals surface area contributed by atoms with E-state index in [1.54, 1.807) is 0 Å². The summed E-state index contributed by atoms with van der Waals surface area (Å²) >= 11 is 6.04. The molecule has 0 saturated heterocycles. The van der Waals surface area contributed by atoms with Gasteiger partial charge in [0.15, 0.2) is 0 Å². The second-order valence-corrected chi connectivity index (χ2v) is 8.75. The van der Waals surface area contributed by atoms with Gasteiger partial charge in [-0.2, -0.15) is 13.2 Å². The van der Waals surface area contributed by atoms with Crippen molar-refractivity contribution < 1.29 is 18.0 Å². The van der Waals surface area contributed by atoms with E-state index in [0.717, 1.165) is 17.7 Å². The maximum Gasteiger partial charge on any atom is 0.416 e. The number of anilines is 2. The molecule has 0 bridgehead atoms. The van der Waals surface area contributed by atoms with Crippen LogP contribution in [0.25, 0.3) is 0 Å². The fourth-order valence-corrected chi connectivity index (χ4v) is 3.20. The van der Waals surface area contributed by atoms with Crippen LogP contribution in [0.4, 0.5) is 24.5 Å². The van der Waals surface area contributed by atoms with E-state index in [9.17, 15) is 18.0 Å². The number of amides is 1. The standard InChI is InChI=1S/C22H26ClF3N2O/c1-13(2)19(27-18-11-10-14(12-16(18)23)22(24,25)26)20(29)28-17-9-7-6-8-15(17)21(3,4)5/h6-13,19,27H,1-5H3,(H,28,29)/t19-/m0/s1. The summed E-state index contributed by atoms with van der Waals surface area (Å²) in [5.74, 6) is -0.414. The first-order valence-corrected chi connectivity index (χ1v) is 9.72. The number of benzene rings is 2. The lowest BCUT2D eigenvalue weighted by atomic mass is 9.85. The smallest absolute Gasteiger partial charge is 0.372 e. The SMILES string of the molecule is CC(C)[C@H](Nc1ccc(C(F)(F)F)cc1Cl)C(=O)Nc1ccccc1C(C)(C)C. The van der Waals surface area contributed by atoms with Crippen molar-refractivity contribution in [3.05, 3.63) is 58.6 Å². The van der Waals surface area contributed by atoms with Crippen molar-refractivity contribution in [2.75, 3.05) is 10.6 Å². The van der Waals surface area contributed by atoms with Gasteiger partial charge in [-0.15, -0.1) is 0 Å². The zero-order valence-electron chi connectivity index (χ0n) is 17.1. The molecule has 7 heteroatoms. The number of carbonyl (C=O) groups is 1. The molecule has 2 aromatic rings. The molecular formula is C22H26ClF3N2O. The lowest BCUT2D eigenvalue weighted by Crippen LogP contribution is -2.39. The quantitative estimate of drug-likeness (QED) is 0.556. The summed E-state index contributed by atoms with van der Waals surface area (Å²) in [7, 11) is 0. The molecule has 0 radical (unpaired) electrons. The van der Waals surface area contributed by atoms with Gasteiger partial charge in [0.05, 0.1) is 16.3 Å². The van der Waals surface area contributed by atoms with E-state index in [0.29, 0.717) is 5.69 Å². The maximum atomic E-state index is 13.0. The second-order valence-electron chi connectivity index (χ2n) is 8.34. The highest BCUT2D eigenvalue weighted by Gasteiger charge is 2.31. The first-order chi connectivity index (χ1) is 13.3. The number of halogens is 4. The van der Waals surface area contributed by atoms with E-state index < -0.39 is 17.8 Å². The van der Waals surface area contributed by atoms with Crippen LogP contribution in [0.2, 0.25) is 5.02 Å². The Bertz CT molecular complexity index is 873. The summed E-state index contributed by atoms with van der Waals surface area (Å²) in [6, 6.07) is 9.91. The van der Waals surface area contributed by atoms with Gasteiger partial charge in [0, 0.05) is 5.69 Å². The number of rotatable bonds is 5. The van der Waals surface area contributed by atoms with Crippen LogP contribution in [-0.4, -0.2) is 11.9 Å². The Morgan fingerprint density at radius 2 is 1.62 bits per heavy atom.